The van der Waals surface area contributed by atoms with Crippen molar-refractivity contribution in [1.82, 2.24) is 5.32 Å². The van der Waals surface area contributed by atoms with Gasteiger partial charge in [0.2, 0.25) is 0 Å². The number of hydrogen-bond donors (Lipinski definition) is 1. The highest BCUT2D eigenvalue weighted by Gasteiger charge is 2.13. The maximum absolute atomic E-state index is 4.07. The minimum Gasteiger partial charge on any atom is -0.316 e. The van der Waals surface area contributed by atoms with E-state index in [9.17, 15) is 0 Å². The van der Waals surface area contributed by atoms with E-state index in [2.05, 4.69) is 23.7 Å². The molecule has 1 N–H and O–H groups in total. The number of hydrogen-bond acceptors (Lipinski definition) is 2. The highest BCUT2D eigenvalue weighted by atomic mass is 32.2. The van der Waals surface area contributed by atoms with Crippen LogP contribution in [-0.2, 0) is 0 Å². The molecule has 1 aliphatic heterocycles. The van der Waals surface area contributed by atoms with Gasteiger partial charge in [0.05, 0.1) is 0 Å². The van der Waals surface area contributed by atoms with Gasteiger partial charge >= 0.3 is 0 Å². The third kappa shape index (κ3) is 3.63. The molecule has 1 saturated heterocycles. The quantitative estimate of drug-likeness (QED) is 0.674. The summed E-state index contributed by atoms with van der Waals surface area (Å²) >= 11 is 2.10. The molecule has 1 unspecified atom stereocenters. The maximum Gasteiger partial charge on any atom is 0.0159 e. The van der Waals surface area contributed by atoms with E-state index in [4.69, 9.17) is 0 Å². The standard InChI is InChI=1S/C10H19NS/c1-9(7-11-2)6-10-4-3-5-12-8-10/h10-11H,1,3-8H2,2H3. The fourth-order valence-electron chi connectivity index (χ4n) is 1.70. The first-order chi connectivity index (χ1) is 5.83. The second-order valence-corrected chi connectivity index (χ2v) is 4.72. The Kier molecular flexibility index (Phi) is 4.77. The summed E-state index contributed by atoms with van der Waals surface area (Å²) < 4.78 is 0. The highest BCUT2D eigenvalue weighted by Crippen LogP contribution is 2.26. The van der Waals surface area contributed by atoms with Crippen LogP contribution < -0.4 is 5.32 Å². The summed E-state index contributed by atoms with van der Waals surface area (Å²) in [5.74, 6) is 3.63. The van der Waals surface area contributed by atoms with Gasteiger partial charge in [-0.05, 0) is 43.7 Å². The lowest BCUT2D eigenvalue weighted by molar-refractivity contribution is 0.513. The molecule has 0 amide bonds. The SMILES string of the molecule is C=C(CNC)CC1CCCSC1. The van der Waals surface area contributed by atoms with Crippen LogP contribution in [0.4, 0.5) is 0 Å². The Morgan fingerprint density at radius 2 is 2.50 bits per heavy atom. The van der Waals surface area contributed by atoms with E-state index in [-0.39, 0.29) is 0 Å². The van der Waals surface area contributed by atoms with Crippen LogP contribution >= 0.6 is 11.8 Å². The highest BCUT2D eigenvalue weighted by molar-refractivity contribution is 7.99. The zero-order valence-corrected chi connectivity index (χ0v) is 8.75. The van der Waals surface area contributed by atoms with Gasteiger partial charge in [-0.25, -0.2) is 0 Å². The van der Waals surface area contributed by atoms with Gasteiger partial charge in [0.1, 0.15) is 0 Å². The van der Waals surface area contributed by atoms with E-state index < -0.39 is 0 Å². The predicted molar refractivity (Wildman–Crippen MR) is 57.7 cm³/mol. The Balaban J connectivity index is 2.15. The summed E-state index contributed by atoms with van der Waals surface area (Å²) in [5.41, 5.74) is 1.37. The first-order valence-electron chi connectivity index (χ1n) is 4.72. The summed E-state index contributed by atoms with van der Waals surface area (Å²) in [6.07, 6.45) is 4.05. The van der Waals surface area contributed by atoms with Gasteiger partial charge in [-0.2, -0.15) is 11.8 Å². The van der Waals surface area contributed by atoms with Crippen LogP contribution in [0, 0.1) is 5.92 Å². The van der Waals surface area contributed by atoms with Crippen LogP contribution in [0.3, 0.4) is 0 Å². The lowest BCUT2D eigenvalue weighted by Gasteiger charge is -2.21. The van der Waals surface area contributed by atoms with Gasteiger partial charge in [0, 0.05) is 6.54 Å². The van der Waals surface area contributed by atoms with Crippen molar-refractivity contribution < 1.29 is 0 Å². The summed E-state index contributed by atoms with van der Waals surface area (Å²) in [5, 5.41) is 3.15. The molecule has 1 rings (SSSR count). The monoisotopic (exact) mass is 185 g/mol. The molecule has 0 aromatic heterocycles. The summed E-state index contributed by atoms with van der Waals surface area (Å²) in [6.45, 7) is 5.05. The first kappa shape index (κ1) is 10.1. The van der Waals surface area contributed by atoms with Gasteiger partial charge < -0.3 is 5.32 Å². The zero-order chi connectivity index (χ0) is 8.81. The Morgan fingerprint density at radius 3 is 3.08 bits per heavy atom. The smallest absolute Gasteiger partial charge is 0.0159 e. The number of rotatable bonds is 4. The molecule has 1 nitrogen and oxygen atoms in total. The van der Waals surface area contributed by atoms with E-state index in [1.54, 1.807) is 0 Å². The molecule has 1 aliphatic rings. The largest absolute Gasteiger partial charge is 0.316 e. The van der Waals surface area contributed by atoms with Crippen molar-refractivity contribution in [3.05, 3.63) is 12.2 Å². The summed E-state index contributed by atoms with van der Waals surface area (Å²) in [6, 6.07) is 0. The van der Waals surface area contributed by atoms with Crippen molar-refractivity contribution in [2.75, 3.05) is 25.1 Å². The van der Waals surface area contributed by atoms with Crippen molar-refractivity contribution >= 4 is 11.8 Å². The predicted octanol–water partition coefficient (Wildman–Crippen LogP) is 2.30. The molecular weight excluding hydrogens is 166 g/mol. The second kappa shape index (κ2) is 5.65. The minimum absolute atomic E-state index is 0.907. The molecule has 0 radical (unpaired) electrons. The fraction of sp³-hybridized carbons (Fsp3) is 0.800. The molecule has 0 spiro atoms. The first-order valence-corrected chi connectivity index (χ1v) is 5.87. The summed E-state index contributed by atoms with van der Waals surface area (Å²) in [4.78, 5) is 0. The number of thioether (sulfide) groups is 1. The van der Waals surface area contributed by atoms with Gasteiger partial charge in [0.15, 0.2) is 0 Å². The van der Waals surface area contributed by atoms with Gasteiger partial charge in [-0.15, -0.1) is 0 Å². The number of nitrogens with one attached hydrogen (secondary N) is 1. The van der Waals surface area contributed by atoms with E-state index in [1.807, 2.05) is 7.05 Å². The van der Waals surface area contributed by atoms with Crippen LogP contribution in [0.25, 0.3) is 0 Å². The zero-order valence-electron chi connectivity index (χ0n) is 7.94. The average molecular weight is 185 g/mol. The van der Waals surface area contributed by atoms with E-state index in [0.717, 1.165) is 12.5 Å². The minimum atomic E-state index is 0.907. The van der Waals surface area contributed by atoms with Gasteiger partial charge in [-0.1, -0.05) is 12.2 Å². The molecule has 12 heavy (non-hydrogen) atoms. The second-order valence-electron chi connectivity index (χ2n) is 3.57. The van der Waals surface area contributed by atoms with Crippen LogP contribution in [0.15, 0.2) is 12.2 Å². The molecule has 0 bridgehead atoms. The average Bonchev–Trinajstić information content (AvgIpc) is 2.06. The third-order valence-corrected chi connectivity index (χ3v) is 3.54. The van der Waals surface area contributed by atoms with Crippen LogP contribution in [0.2, 0.25) is 0 Å². The van der Waals surface area contributed by atoms with Crippen LogP contribution in [-0.4, -0.2) is 25.1 Å². The molecule has 1 fully saturated rings. The molecule has 2 heteroatoms. The summed E-state index contributed by atoms with van der Waals surface area (Å²) in [7, 11) is 1.99. The fourth-order valence-corrected chi connectivity index (χ4v) is 2.85. The Hall–Kier alpha value is 0.0500. The molecule has 1 atom stereocenters. The Morgan fingerprint density at radius 1 is 1.67 bits per heavy atom. The van der Waals surface area contributed by atoms with Crippen molar-refractivity contribution in [3.63, 3.8) is 0 Å². The van der Waals surface area contributed by atoms with E-state index in [1.165, 1.54) is 36.3 Å². The Labute approximate surface area is 80.0 Å². The molecule has 1 heterocycles. The van der Waals surface area contributed by atoms with Crippen LogP contribution in [0.5, 0.6) is 0 Å². The maximum atomic E-state index is 4.07. The van der Waals surface area contributed by atoms with Crippen molar-refractivity contribution in [3.8, 4) is 0 Å². The lowest BCUT2D eigenvalue weighted by atomic mass is 9.97. The van der Waals surface area contributed by atoms with Crippen LogP contribution in [0.1, 0.15) is 19.3 Å². The van der Waals surface area contributed by atoms with Crippen molar-refractivity contribution in [2.45, 2.75) is 19.3 Å². The molecule has 0 aromatic carbocycles. The molecule has 0 saturated carbocycles. The normalized spacial score (nSPS) is 23.9. The van der Waals surface area contributed by atoms with Gasteiger partial charge in [0.25, 0.3) is 0 Å². The van der Waals surface area contributed by atoms with E-state index in [0.29, 0.717) is 0 Å². The lowest BCUT2D eigenvalue weighted by Crippen LogP contribution is -2.16. The molecular formula is C10H19NS. The van der Waals surface area contributed by atoms with Gasteiger partial charge in [-0.3, -0.25) is 0 Å². The molecule has 0 aliphatic carbocycles. The van der Waals surface area contributed by atoms with Crippen molar-refractivity contribution in [1.29, 1.82) is 0 Å². The third-order valence-electron chi connectivity index (χ3n) is 2.26. The molecule has 70 valence electrons. The topological polar surface area (TPSA) is 12.0 Å². The Bertz CT molecular complexity index is 139. The van der Waals surface area contributed by atoms with Crippen molar-refractivity contribution in [2.24, 2.45) is 5.92 Å². The van der Waals surface area contributed by atoms with E-state index >= 15 is 0 Å². The molecule has 0 aromatic rings. The number of likely N-dealkylation sites (N-methyl/N-ethyl adjacent to an activating group) is 1.